The van der Waals surface area contributed by atoms with Gasteiger partial charge in [0.1, 0.15) is 0 Å². The number of nitrogens with zero attached hydrogens (tertiary/aromatic N) is 1. The van der Waals surface area contributed by atoms with Crippen LogP contribution < -0.4 is 0 Å². The van der Waals surface area contributed by atoms with Crippen molar-refractivity contribution in [3.8, 4) is 0 Å². The van der Waals surface area contributed by atoms with Crippen molar-refractivity contribution in [3.05, 3.63) is 40.5 Å². The maximum Gasteiger partial charge on any atom is 0.179 e. The van der Waals surface area contributed by atoms with Crippen LogP contribution in [0.2, 0.25) is 5.02 Å². The van der Waals surface area contributed by atoms with E-state index >= 15 is 0 Å². The van der Waals surface area contributed by atoms with Crippen LogP contribution in [0.1, 0.15) is 44.6 Å². The summed E-state index contributed by atoms with van der Waals surface area (Å²) in [5, 5.41) is 0.739. The Hall–Kier alpha value is -0.550. The molecule has 1 aromatic carbocycles. The molecule has 0 bridgehead atoms. The second kappa shape index (κ2) is 8.92. The predicted molar refractivity (Wildman–Crippen MR) is 103 cm³/mol. The Balaban J connectivity index is 2.41. The van der Waals surface area contributed by atoms with E-state index < -0.39 is 0 Å². The van der Waals surface area contributed by atoms with E-state index in [2.05, 4.69) is 34.4 Å². The third-order valence-electron chi connectivity index (χ3n) is 3.94. The molecule has 0 saturated carbocycles. The highest BCUT2D eigenvalue weighted by molar-refractivity contribution is 14.1. The summed E-state index contributed by atoms with van der Waals surface area (Å²) in [7, 11) is 0. The average molecular weight is 432 g/mol. The molecule has 2 nitrogen and oxygen atoms in total. The summed E-state index contributed by atoms with van der Waals surface area (Å²) in [6, 6.07) is 7.91. The summed E-state index contributed by atoms with van der Waals surface area (Å²) in [4.78, 5) is 14.9. The molecule has 0 N–H and O–H groups in total. The van der Waals surface area contributed by atoms with Gasteiger partial charge in [-0.15, -0.1) is 0 Å². The Kier molecular flexibility index (Phi) is 7.22. The van der Waals surface area contributed by atoms with Crippen LogP contribution in [0.5, 0.6) is 0 Å². The smallest absolute Gasteiger partial charge is 0.179 e. The lowest BCUT2D eigenvalue weighted by Gasteiger charge is -2.31. The molecule has 1 aliphatic carbocycles. The van der Waals surface area contributed by atoms with Crippen LogP contribution in [0, 0.1) is 0 Å². The van der Waals surface area contributed by atoms with Crippen molar-refractivity contribution < 1.29 is 4.79 Å². The number of hydrogen-bond donors (Lipinski definition) is 0. The molecule has 0 aliphatic heterocycles. The number of benzene rings is 1. The Morgan fingerprint density at radius 2 is 1.91 bits per heavy atom. The van der Waals surface area contributed by atoms with Gasteiger partial charge in [-0.1, -0.05) is 53.2 Å². The fourth-order valence-corrected chi connectivity index (χ4v) is 3.45. The third kappa shape index (κ3) is 4.48. The first-order valence-corrected chi connectivity index (χ1v) is 9.91. The Labute approximate surface area is 152 Å². The summed E-state index contributed by atoms with van der Waals surface area (Å²) in [6.07, 6.45) is 4.79. The third-order valence-corrected chi connectivity index (χ3v) is 4.96. The van der Waals surface area contributed by atoms with Gasteiger partial charge in [-0.3, -0.25) is 4.79 Å². The van der Waals surface area contributed by atoms with E-state index in [1.165, 1.54) is 5.57 Å². The van der Waals surface area contributed by atoms with Crippen LogP contribution in [-0.2, 0) is 4.79 Å². The molecule has 0 aromatic heterocycles. The topological polar surface area (TPSA) is 20.3 Å². The van der Waals surface area contributed by atoms with Crippen LogP contribution >= 0.6 is 34.2 Å². The van der Waals surface area contributed by atoms with Gasteiger partial charge in [-0.2, -0.15) is 0 Å². The highest BCUT2D eigenvalue weighted by atomic mass is 127. The zero-order valence-electron chi connectivity index (χ0n) is 13.1. The number of carbonyl (C=O) groups excluding carboxylic acids is 1. The van der Waals surface area contributed by atoms with E-state index in [1.54, 1.807) is 0 Å². The van der Waals surface area contributed by atoms with Gasteiger partial charge in [-0.25, -0.2) is 0 Å². The minimum Gasteiger partial charge on any atom is -0.368 e. The standard InChI is InChI=1S/C18H23ClINO/c1-2-12-21(13-4-11-20)18-16(5-3-6-17(18)22)14-7-9-15(19)10-8-14/h7-10H,2-6,11-13H2,1H3. The van der Waals surface area contributed by atoms with Gasteiger partial charge >= 0.3 is 0 Å². The number of Topliss-reactive ketones (excluding diaryl/α,β-unsaturated/α-hetero) is 1. The van der Waals surface area contributed by atoms with Crippen molar-refractivity contribution in [2.24, 2.45) is 0 Å². The van der Waals surface area contributed by atoms with E-state index in [9.17, 15) is 4.79 Å². The quantitative estimate of drug-likeness (QED) is 0.429. The molecular weight excluding hydrogens is 409 g/mol. The summed E-state index contributed by atoms with van der Waals surface area (Å²) in [5.41, 5.74) is 3.30. The molecule has 4 heteroatoms. The first-order valence-electron chi connectivity index (χ1n) is 8.00. The van der Waals surface area contributed by atoms with E-state index in [0.717, 1.165) is 59.5 Å². The Morgan fingerprint density at radius 3 is 2.55 bits per heavy atom. The molecule has 0 amide bonds. The van der Waals surface area contributed by atoms with Gasteiger partial charge in [0.05, 0.1) is 5.70 Å². The first-order chi connectivity index (χ1) is 10.7. The minimum atomic E-state index is 0.304. The number of carbonyl (C=O) groups is 1. The van der Waals surface area contributed by atoms with Crippen molar-refractivity contribution in [3.63, 3.8) is 0 Å². The monoisotopic (exact) mass is 431 g/mol. The summed E-state index contributed by atoms with van der Waals surface area (Å²) in [5.74, 6) is 0.304. The van der Waals surface area contributed by atoms with Crippen molar-refractivity contribution in [2.75, 3.05) is 17.5 Å². The van der Waals surface area contributed by atoms with Crippen LogP contribution in [0.4, 0.5) is 0 Å². The molecule has 0 spiro atoms. The predicted octanol–water partition coefficient (Wildman–Crippen LogP) is 5.34. The number of alkyl halides is 1. The molecule has 22 heavy (non-hydrogen) atoms. The van der Waals surface area contributed by atoms with Crippen molar-refractivity contribution in [2.45, 2.75) is 39.0 Å². The molecule has 0 radical (unpaired) electrons. The van der Waals surface area contributed by atoms with E-state index in [0.29, 0.717) is 12.2 Å². The van der Waals surface area contributed by atoms with Gasteiger partial charge in [-0.05, 0) is 49.0 Å². The number of rotatable bonds is 7. The number of hydrogen-bond acceptors (Lipinski definition) is 2. The highest BCUT2D eigenvalue weighted by Crippen LogP contribution is 2.33. The summed E-state index contributed by atoms with van der Waals surface area (Å²) >= 11 is 8.41. The summed E-state index contributed by atoms with van der Waals surface area (Å²) < 4.78 is 1.12. The molecule has 120 valence electrons. The SMILES string of the molecule is CCCN(CCCI)C1=C(c2ccc(Cl)cc2)CCCC1=O. The van der Waals surface area contributed by atoms with Gasteiger partial charge in [0.25, 0.3) is 0 Å². The minimum absolute atomic E-state index is 0.304. The first kappa shape index (κ1) is 17.8. The van der Waals surface area contributed by atoms with Crippen molar-refractivity contribution in [1.82, 2.24) is 4.90 Å². The van der Waals surface area contributed by atoms with Crippen molar-refractivity contribution in [1.29, 1.82) is 0 Å². The average Bonchev–Trinajstić information content (AvgIpc) is 2.52. The van der Waals surface area contributed by atoms with Crippen LogP contribution in [0.15, 0.2) is 30.0 Å². The van der Waals surface area contributed by atoms with Crippen LogP contribution in [0.3, 0.4) is 0 Å². The van der Waals surface area contributed by atoms with Gasteiger partial charge in [0, 0.05) is 29.0 Å². The number of allylic oxidation sites excluding steroid dienone is 2. The molecule has 0 saturated heterocycles. The lowest BCUT2D eigenvalue weighted by molar-refractivity contribution is -0.117. The van der Waals surface area contributed by atoms with Gasteiger partial charge < -0.3 is 4.90 Å². The van der Waals surface area contributed by atoms with E-state index in [1.807, 2.05) is 24.3 Å². The Bertz CT molecular complexity index is 539. The fourth-order valence-electron chi connectivity index (χ4n) is 2.99. The number of ketones is 1. The normalized spacial score (nSPS) is 15.3. The molecule has 2 rings (SSSR count). The van der Waals surface area contributed by atoms with E-state index in [4.69, 9.17) is 11.6 Å². The largest absolute Gasteiger partial charge is 0.368 e. The Morgan fingerprint density at radius 1 is 1.18 bits per heavy atom. The molecule has 0 unspecified atom stereocenters. The van der Waals surface area contributed by atoms with Crippen LogP contribution in [-0.4, -0.2) is 28.2 Å². The molecule has 0 fully saturated rings. The molecule has 1 aromatic rings. The molecule has 0 atom stereocenters. The second-order valence-corrected chi connectivity index (χ2v) is 7.16. The zero-order chi connectivity index (χ0) is 15.9. The zero-order valence-corrected chi connectivity index (χ0v) is 16.0. The van der Waals surface area contributed by atoms with Crippen LogP contribution in [0.25, 0.3) is 5.57 Å². The number of halogens is 2. The maximum atomic E-state index is 12.6. The summed E-state index contributed by atoms with van der Waals surface area (Å²) in [6.45, 7) is 4.09. The van der Waals surface area contributed by atoms with Crippen molar-refractivity contribution >= 4 is 45.5 Å². The molecule has 1 aliphatic rings. The van der Waals surface area contributed by atoms with E-state index in [-0.39, 0.29) is 0 Å². The second-order valence-electron chi connectivity index (χ2n) is 5.64. The lowest BCUT2D eigenvalue weighted by Crippen LogP contribution is -2.32. The maximum absolute atomic E-state index is 12.6. The fraction of sp³-hybridized carbons (Fsp3) is 0.500. The lowest BCUT2D eigenvalue weighted by atomic mass is 9.89. The van der Waals surface area contributed by atoms with Gasteiger partial charge in [0.15, 0.2) is 5.78 Å². The highest BCUT2D eigenvalue weighted by Gasteiger charge is 2.25. The van der Waals surface area contributed by atoms with Gasteiger partial charge in [0.2, 0.25) is 0 Å². The molecular formula is C18H23ClINO. The molecule has 0 heterocycles.